The molecule has 102 valence electrons. The minimum Gasteiger partial charge on any atom is -0.497 e. The number of nitrogens with zero attached hydrogens (tertiary/aromatic N) is 2. The van der Waals surface area contributed by atoms with Crippen molar-refractivity contribution in [2.45, 2.75) is 6.04 Å². The van der Waals surface area contributed by atoms with Gasteiger partial charge in [-0.1, -0.05) is 0 Å². The Hall–Kier alpha value is -3.13. The van der Waals surface area contributed by atoms with Crippen LogP contribution < -0.4 is 15.4 Å². The van der Waals surface area contributed by atoms with Gasteiger partial charge in [0.05, 0.1) is 18.9 Å². The second-order valence-electron chi connectivity index (χ2n) is 3.53. The van der Waals surface area contributed by atoms with Gasteiger partial charge in [0, 0.05) is 6.07 Å². The average molecular weight is 275 g/mol. The molecule has 7 nitrogen and oxygen atoms in total. The van der Waals surface area contributed by atoms with Gasteiger partial charge in [-0.15, -0.1) is 0 Å². The molecule has 0 aliphatic heterocycles. The summed E-state index contributed by atoms with van der Waals surface area (Å²) in [6.45, 7) is 0. The van der Waals surface area contributed by atoms with Crippen LogP contribution in [0.3, 0.4) is 0 Å². The van der Waals surface area contributed by atoms with Crippen molar-refractivity contribution in [2.24, 2.45) is 0 Å². The molecule has 1 aromatic rings. The van der Waals surface area contributed by atoms with E-state index in [-0.39, 0.29) is 11.4 Å². The Morgan fingerprint density at radius 1 is 1.50 bits per heavy atom. The van der Waals surface area contributed by atoms with Crippen LogP contribution in [0.15, 0.2) is 18.2 Å². The minimum absolute atomic E-state index is 0.122. The summed E-state index contributed by atoms with van der Waals surface area (Å²) >= 11 is 0. The van der Waals surface area contributed by atoms with Gasteiger partial charge in [0.2, 0.25) is 0 Å². The summed E-state index contributed by atoms with van der Waals surface area (Å²) in [5, 5.41) is 28.5. The number of amides is 2. The molecular formula is C12H10FN5O2. The lowest BCUT2D eigenvalue weighted by molar-refractivity contribution is 0.252. The zero-order chi connectivity index (χ0) is 15.1. The summed E-state index contributed by atoms with van der Waals surface area (Å²) in [6.07, 6.45) is 0. The van der Waals surface area contributed by atoms with Crippen molar-refractivity contribution >= 4 is 17.4 Å². The zero-order valence-corrected chi connectivity index (χ0v) is 10.4. The number of nitrogens with one attached hydrogen (secondary N) is 3. The summed E-state index contributed by atoms with van der Waals surface area (Å²) in [7, 11) is 1.37. The fraction of sp³-hybridized carbons (Fsp3) is 0.167. The van der Waals surface area contributed by atoms with E-state index in [9.17, 15) is 9.18 Å². The van der Waals surface area contributed by atoms with Crippen molar-refractivity contribution in [2.75, 3.05) is 12.4 Å². The number of hydrogen-bond acceptors (Lipinski definition) is 5. The number of ether oxygens (including phenoxy) is 1. The highest BCUT2D eigenvalue weighted by molar-refractivity contribution is 6.04. The quantitative estimate of drug-likeness (QED) is 0.718. The Morgan fingerprint density at radius 2 is 2.20 bits per heavy atom. The first-order valence-corrected chi connectivity index (χ1v) is 5.31. The van der Waals surface area contributed by atoms with Crippen LogP contribution in [0, 0.1) is 33.9 Å². The van der Waals surface area contributed by atoms with Gasteiger partial charge in [0.25, 0.3) is 0 Å². The van der Waals surface area contributed by atoms with Crippen molar-refractivity contribution in [1.29, 1.82) is 15.9 Å². The van der Waals surface area contributed by atoms with E-state index >= 15 is 0 Å². The van der Waals surface area contributed by atoms with Gasteiger partial charge in [-0.05, 0) is 12.1 Å². The van der Waals surface area contributed by atoms with E-state index in [0.717, 1.165) is 6.07 Å². The number of halogens is 1. The molecule has 3 N–H and O–H groups in total. The fourth-order valence-corrected chi connectivity index (χ4v) is 1.25. The Bertz CT molecular complexity index is 617. The van der Waals surface area contributed by atoms with Gasteiger partial charge in [-0.2, -0.15) is 10.5 Å². The number of carbonyl (C=O) groups is 1. The summed E-state index contributed by atoms with van der Waals surface area (Å²) in [5.74, 6) is -0.432. The third kappa shape index (κ3) is 3.68. The van der Waals surface area contributed by atoms with Gasteiger partial charge < -0.3 is 15.4 Å². The van der Waals surface area contributed by atoms with E-state index in [1.807, 2.05) is 0 Å². The number of methoxy groups -OCH3 is 1. The normalized spacial score (nSPS) is 10.6. The SMILES string of the molecule is COc1ccc(NC(=O)NC(C#N)C(=N)C#N)c(F)c1. The molecule has 20 heavy (non-hydrogen) atoms. The van der Waals surface area contributed by atoms with E-state index in [2.05, 4.69) is 10.6 Å². The number of nitriles is 2. The van der Waals surface area contributed by atoms with Crippen molar-refractivity contribution in [3.05, 3.63) is 24.0 Å². The standard InChI is InChI=1S/C12H10FN5O2/c1-20-7-2-3-10(8(13)4-7)17-12(19)18-11(6-15)9(16)5-14/h2-4,11,16H,1H3,(H2,17,18,19). The van der Waals surface area contributed by atoms with Gasteiger partial charge in [0.1, 0.15) is 23.3 Å². The van der Waals surface area contributed by atoms with Crippen LogP contribution in [0.25, 0.3) is 0 Å². The molecule has 0 fully saturated rings. The molecule has 1 unspecified atom stereocenters. The summed E-state index contributed by atoms with van der Waals surface area (Å²) in [4.78, 5) is 11.5. The fourth-order valence-electron chi connectivity index (χ4n) is 1.25. The first kappa shape index (κ1) is 14.9. The first-order valence-electron chi connectivity index (χ1n) is 5.31. The minimum atomic E-state index is -1.39. The average Bonchev–Trinajstić information content (AvgIpc) is 2.45. The maximum atomic E-state index is 13.6. The number of carbonyl (C=O) groups excluding carboxylic acids is 1. The highest BCUT2D eigenvalue weighted by atomic mass is 19.1. The summed E-state index contributed by atoms with van der Waals surface area (Å²) in [6, 6.07) is 4.52. The molecule has 0 heterocycles. The summed E-state index contributed by atoms with van der Waals surface area (Å²) < 4.78 is 18.4. The molecule has 2 amide bonds. The molecule has 1 rings (SSSR count). The zero-order valence-electron chi connectivity index (χ0n) is 10.4. The molecule has 0 radical (unpaired) electrons. The van der Waals surface area contributed by atoms with E-state index < -0.39 is 23.6 Å². The monoisotopic (exact) mass is 275 g/mol. The maximum Gasteiger partial charge on any atom is 0.320 e. The molecule has 8 heteroatoms. The molecule has 1 aromatic carbocycles. The van der Waals surface area contributed by atoms with Gasteiger partial charge in [-0.3, -0.25) is 5.41 Å². The second kappa shape index (κ2) is 6.71. The van der Waals surface area contributed by atoms with Gasteiger partial charge in [-0.25, -0.2) is 9.18 Å². The number of urea groups is 1. The second-order valence-corrected chi connectivity index (χ2v) is 3.53. The molecule has 0 saturated heterocycles. The van der Waals surface area contributed by atoms with E-state index in [1.165, 1.54) is 25.3 Å². The highest BCUT2D eigenvalue weighted by Crippen LogP contribution is 2.20. The predicted molar refractivity (Wildman–Crippen MR) is 67.8 cm³/mol. The lowest BCUT2D eigenvalue weighted by atomic mass is 10.2. The first-order chi connectivity index (χ1) is 9.51. The molecule has 0 spiro atoms. The van der Waals surface area contributed by atoms with Crippen molar-refractivity contribution in [3.63, 3.8) is 0 Å². The molecule has 1 atom stereocenters. The lowest BCUT2D eigenvalue weighted by Crippen LogP contribution is -2.41. The molecule has 0 bridgehead atoms. The van der Waals surface area contributed by atoms with Gasteiger partial charge >= 0.3 is 6.03 Å². The molecule has 0 aliphatic carbocycles. The van der Waals surface area contributed by atoms with Crippen molar-refractivity contribution in [3.8, 4) is 17.9 Å². The van der Waals surface area contributed by atoms with Crippen LogP contribution >= 0.6 is 0 Å². The third-order valence-electron chi connectivity index (χ3n) is 2.24. The lowest BCUT2D eigenvalue weighted by Gasteiger charge is -2.11. The van der Waals surface area contributed by atoms with Crippen LogP contribution in [0.2, 0.25) is 0 Å². The van der Waals surface area contributed by atoms with E-state index in [1.54, 1.807) is 6.07 Å². The summed E-state index contributed by atoms with van der Waals surface area (Å²) in [5.41, 5.74) is -0.735. The smallest absolute Gasteiger partial charge is 0.320 e. The van der Waals surface area contributed by atoms with Crippen LogP contribution in [-0.4, -0.2) is 24.9 Å². The maximum absolute atomic E-state index is 13.6. The van der Waals surface area contributed by atoms with Crippen LogP contribution in [0.1, 0.15) is 0 Å². The van der Waals surface area contributed by atoms with E-state index in [0.29, 0.717) is 0 Å². The number of hydrogen-bond donors (Lipinski definition) is 3. The Morgan fingerprint density at radius 3 is 2.70 bits per heavy atom. The number of anilines is 1. The van der Waals surface area contributed by atoms with Crippen molar-refractivity contribution < 1.29 is 13.9 Å². The van der Waals surface area contributed by atoms with Crippen molar-refractivity contribution in [1.82, 2.24) is 5.32 Å². The Kier molecular flexibility index (Phi) is 5.01. The van der Waals surface area contributed by atoms with Crippen LogP contribution in [0.4, 0.5) is 14.9 Å². The molecule has 0 aliphatic rings. The predicted octanol–water partition coefficient (Wildman–Crippen LogP) is 1.39. The van der Waals surface area contributed by atoms with Gasteiger partial charge in [0.15, 0.2) is 6.04 Å². The van der Waals surface area contributed by atoms with Crippen LogP contribution in [-0.2, 0) is 0 Å². The number of rotatable bonds is 4. The molecular weight excluding hydrogens is 265 g/mol. The largest absolute Gasteiger partial charge is 0.497 e. The number of benzene rings is 1. The Balaban J connectivity index is 2.75. The van der Waals surface area contributed by atoms with Crippen LogP contribution in [0.5, 0.6) is 5.75 Å². The van der Waals surface area contributed by atoms with E-state index in [4.69, 9.17) is 20.7 Å². The topological polar surface area (TPSA) is 122 Å². The molecule has 0 saturated carbocycles. The molecule has 0 aromatic heterocycles. The third-order valence-corrected chi connectivity index (χ3v) is 2.24. The highest BCUT2D eigenvalue weighted by Gasteiger charge is 2.17. The Labute approximate surface area is 114 Å².